The third-order valence-corrected chi connectivity index (χ3v) is 2.52. The molecule has 4 heteroatoms. The summed E-state index contributed by atoms with van der Waals surface area (Å²) in [6, 6.07) is 7.61. The van der Waals surface area contributed by atoms with Gasteiger partial charge in [0.2, 0.25) is 0 Å². The van der Waals surface area contributed by atoms with Crippen LogP contribution in [-0.4, -0.2) is 30.8 Å². The molecule has 18 heavy (non-hydrogen) atoms. The predicted molar refractivity (Wildman–Crippen MR) is 70.6 cm³/mol. The number of aryl methyl sites for hydroxylation is 1. The molecule has 0 saturated heterocycles. The Kier molecular flexibility index (Phi) is 6.87. The van der Waals surface area contributed by atoms with Gasteiger partial charge in [-0.1, -0.05) is 12.1 Å². The van der Waals surface area contributed by atoms with Crippen LogP contribution in [0.15, 0.2) is 24.3 Å². The molecule has 0 spiro atoms. The van der Waals surface area contributed by atoms with E-state index in [4.69, 9.17) is 9.84 Å². The smallest absolute Gasteiger partial charge is 0.257 e. The molecule has 2 N–H and O–H groups in total. The summed E-state index contributed by atoms with van der Waals surface area (Å²) in [5.41, 5.74) is 1.11. The molecule has 0 unspecified atom stereocenters. The summed E-state index contributed by atoms with van der Waals surface area (Å²) in [5, 5.41) is 11.4. The van der Waals surface area contributed by atoms with E-state index in [0.717, 1.165) is 24.8 Å². The molecule has 100 valence electrons. The fourth-order valence-electron chi connectivity index (χ4n) is 1.55. The highest BCUT2D eigenvalue weighted by molar-refractivity contribution is 5.77. The Labute approximate surface area is 108 Å². The molecule has 0 radical (unpaired) electrons. The van der Waals surface area contributed by atoms with Gasteiger partial charge in [-0.2, -0.15) is 0 Å². The van der Waals surface area contributed by atoms with Crippen LogP contribution < -0.4 is 10.1 Å². The van der Waals surface area contributed by atoms with E-state index in [-0.39, 0.29) is 19.1 Å². The zero-order valence-electron chi connectivity index (χ0n) is 10.8. The van der Waals surface area contributed by atoms with Crippen molar-refractivity contribution in [3.8, 4) is 5.75 Å². The van der Waals surface area contributed by atoms with Gasteiger partial charge in [0.25, 0.3) is 5.91 Å². The Morgan fingerprint density at radius 2 is 2.17 bits per heavy atom. The molecular formula is C14H21NO3. The van der Waals surface area contributed by atoms with Crippen molar-refractivity contribution in [1.29, 1.82) is 0 Å². The van der Waals surface area contributed by atoms with Crippen molar-refractivity contribution in [3.05, 3.63) is 29.8 Å². The van der Waals surface area contributed by atoms with Gasteiger partial charge in [-0.15, -0.1) is 0 Å². The van der Waals surface area contributed by atoms with Gasteiger partial charge in [-0.25, -0.2) is 0 Å². The number of rotatable bonds is 8. The molecule has 0 aromatic heterocycles. The number of ether oxygens (including phenoxy) is 1. The summed E-state index contributed by atoms with van der Waals surface area (Å²) >= 11 is 0. The number of carbonyl (C=O) groups excluding carboxylic acids is 1. The number of hydrogen-bond donors (Lipinski definition) is 2. The number of hydrogen-bond acceptors (Lipinski definition) is 3. The Morgan fingerprint density at radius 3 is 2.89 bits per heavy atom. The lowest BCUT2D eigenvalue weighted by molar-refractivity contribution is -0.123. The number of carbonyl (C=O) groups is 1. The highest BCUT2D eigenvalue weighted by Crippen LogP contribution is 2.11. The number of benzene rings is 1. The molecule has 0 saturated carbocycles. The first-order chi connectivity index (χ1) is 8.72. The Bertz CT molecular complexity index is 366. The molecule has 0 aliphatic heterocycles. The third kappa shape index (κ3) is 6.25. The van der Waals surface area contributed by atoms with Crippen LogP contribution >= 0.6 is 0 Å². The van der Waals surface area contributed by atoms with E-state index in [0.29, 0.717) is 12.3 Å². The number of amides is 1. The van der Waals surface area contributed by atoms with Crippen molar-refractivity contribution in [2.75, 3.05) is 19.8 Å². The van der Waals surface area contributed by atoms with Crippen LogP contribution in [-0.2, 0) is 4.79 Å². The highest BCUT2D eigenvalue weighted by atomic mass is 16.5. The standard InChI is InChI=1S/C14H21NO3/c1-12-6-5-7-13(10-12)18-11-14(17)15-8-3-2-4-9-16/h5-7,10,16H,2-4,8-9,11H2,1H3,(H,15,17). The van der Waals surface area contributed by atoms with Gasteiger partial charge < -0.3 is 15.2 Å². The SMILES string of the molecule is Cc1cccc(OCC(=O)NCCCCCO)c1. The Balaban J connectivity index is 2.13. The number of nitrogens with one attached hydrogen (secondary N) is 1. The molecule has 1 amide bonds. The summed E-state index contributed by atoms with van der Waals surface area (Å²) in [7, 11) is 0. The fourth-order valence-corrected chi connectivity index (χ4v) is 1.55. The van der Waals surface area contributed by atoms with Crippen LogP contribution in [0.4, 0.5) is 0 Å². The first kappa shape index (κ1) is 14.5. The van der Waals surface area contributed by atoms with E-state index >= 15 is 0 Å². The zero-order chi connectivity index (χ0) is 13.2. The van der Waals surface area contributed by atoms with E-state index < -0.39 is 0 Å². The summed E-state index contributed by atoms with van der Waals surface area (Å²) in [4.78, 5) is 11.4. The summed E-state index contributed by atoms with van der Waals surface area (Å²) < 4.78 is 5.37. The summed E-state index contributed by atoms with van der Waals surface area (Å²) in [6.07, 6.45) is 2.60. The van der Waals surface area contributed by atoms with Gasteiger partial charge in [0.15, 0.2) is 6.61 Å². The Morgan fingerprint density at radius 1 is 1.33 bits per heavy atom. The van der Waals surface area contributed by atoms with E-state index in [2.05, 4.69) is 5.32 Å². The van der Waals surface area contributed by atoms with Crippen molar-refractivity contribution in [3.63, 3.8) is 0 Å². The molecule has 0 atom stereocenters. The summed E-state index contributed by atoms with van der Waals surface area (Å²) in [6.45, 7) is 2.87. The number of unbranched alkanes of at least 4 members (excludes halogenated alkanes) is 2. The topological polar surface area (TPSA) is 58.6 Å². The molecule has 4 nitrogen and oxygen atoms in total. The second-order valence-electron chi connectivity index (χ2n) is 4.24. The molecule has 0 fully saturated rings. The van der Waals surface area contributed by atoms with Gasteiger partial charge in [-0.05, 0) is 43.9 Å². The monoisotopic (exact) mass is 251 g/mol. The predicted octanol–water partition coefficient (Wildman–Crippen LogP) is 1.65. The molecule has 0 bridgehead atoms. The van der Waals surface area contributed by atoms with E-state index in [1.807, 2.05) is 31.2 Å². The van der Waals surface area contributed by atoms with Crippen LogP contribution in [0.1, 0.15) is 24.8 Å². The fraction of sp³-hybridized carbons (Fsp3) is 0.500. The van der Waals surface area contributed by atoms with Gasteiger partial charge in [0.05, 0.1) is 0 Å². The lowest BCUT2D eigenvalue weighted by Gasteiger charge is -2.07. The second-order valence-corrected chi connectivity index (χ2v) is 4.24. The first-order valence-corrected chi connectivity index (χ1v) is 6.29. The van der Waals surface area contributed by atoms with Gasteiger partial charge in [-0.3, -0.25) is 4.79 Å². The minimum Gasteiger partial charge on any atom is -0.484 e. The molecule has 0 aliphatic carbocycles. The molecule has 1 aromatic carbocycles. The summed E-state index contributed by atoms with van der Waals surface area (Å²) in [5.74, 6) is 0.603. The average Bonchev–Trinajstić information content (AvgIpc) is 2.36. The number of aliphatic hydroxyl groups excluding tert-OH is 1. The lowest BCUT2D eigenvalue weighted by atomic mass is 10.2. The van der Waals surface area contributed by atoms with Gasteiger partial charge in [0.1, 0.15) is 5.75 Å². The van der Waals surface area contributed by atoms with Crippen molar-refractivity contribution in [2.45, 2.75) is 26.2 Å². The molecule has 1 aromatic rings. The van der Waals surface area contributed by atoms with Crippen LogP contribution in [0.2, 0.25) is 0 Å². The Hall–Kier alpha value is -1.55. The molecular weight excluding hydrogens is 230 g/mol. The maximum absolute atomic E-state index is 11.4. The maximum atomic E-state index is 11.4. The van der Waals surface area contributed by atoms with Crippen molar-refractivity contribution in [1.82, 2.24) is 5.32 Å². The van der Waals surface area contributed by atoms with Crippen molar-refractivity contribution in [2.24, 2.45) is 0 Å². The second kappa shape index (κ2) is 8.53. The molecule has 0 aliphatic rings. The van der Waals surface area contributed by atoms with Gasteiger partial charge in [0, 0.05) is 13.2 Å². The highest BCUT2D eigenvalue weighted by Gasteiger charge is 2.01. The van der Waals surface area contributed by atoms with E-state index in [1.54, 1.807) is 0 Å². The minimum atomic E-state index is -0.111. The normalized spacial score (nSPS) is 10.1. The first-order valence-electron chi connectivity index (χ1n) is 6.29. The molecule has 0 heterocycles. The number of aliphatic hydroxyl groups is 1. The van der Waals surface area contributed by atoms with E-state index in [9.17, 15) is 4.79 Å². The van der Waals surface area contributed by atoms with Crippen LogP contribution in [0.25, 0.3) is 0 Å². The molecule has 1 rings (SSSR count). The van der Waals surface area contributed by atoms with E-state index in [1.165, 1.54) is 0 Å². The zero-order valence-corrected chi connectivity index (χ0v) is 10.8. The van der Waals surface area contributed by atoms with Crippen LogP contribution in [0, 0.1) is 6.92 Å². The minimum absolute atomic E-state index is 0.0451. The lowest BCUT2D eigenvalue weighted by Crippen LogP contribution is -2.29. The maximum Gasteiger partial charge on any atom is 0.257 e. The largest absolute Gasteiger partial charge is 0.484 e. The van der Waals surface area contributed by atoms with Crippen molar-refractivity contribution < 1.29 is 14.6 Å². The van der Waals surface area contributed by atoms with Gasteiger partial charge >= 0.3 is 0 Å². The van der Waals surface area contributed by atoms with Crippen LogP contribution in [0.5, 0.6) is 5.75 Å². The quantitative estimate of drug-likeness (QED) is 0.691. The third-order valence-electron chi connectivity index (χ3n) is 2.52. The van der Waals surface area contributed by atoms with Crippen molar-refractivity contribution >= 4 is 5.91 Å². The average molecular weight is 251 g/mol. The van der Waals surface area contributed by atoms with Crippen LogP contribution in [0.3, 0.4) is 0 Å².